The Morgan fingerprint density at radius 2 is 1.73 bits per heavy atom. The number of carbonyl (C=O) groups is 1. The largest absolute Gasteiger partial charge is 0.496 e. The number of anilines is 1. The minimum Gasteiger partial charge on any atom is -0.496 e. The number of para-hydroxylation sites is 1. The van der Waals surface area contributed by atoms with Crippen LogP contribution < -0.4 is 14.4 Å². The number of nitrogens with zero attached hydrogens (tertiary/aromatic N) is 4. The second-order valence-corrected chi connectivity index (χ2v) is 8.10. The summed E-state index contributed by atoms with van der Waals surface area (Å²) < 4.78 is 22.2. The molecule has 2 aliphatic heterocycles. The number of benzene rings is 1. The molecular formula is C24H32N4O5. The van der Waals surface area contributed by atoms with Gasteiger partial charge in [-0.05, 0) is 6.07 Å². The summed E-state index contributed by atoms with van der Waals surface area (Å²) in [6.07, 6.45) is 0.492. The van der Waals surface area contributed by atoms with E-state index >= 15 is 0 Å². The average molecular weight is 457 g/mol. The molecular weight excluding hydrogens is 424 g/mol. The van der Waals surface area contributed by atoms with Gasteiger partial charge in [0.2, 0.25) is 11.8 Å². The van der Waals surface area contributed by atoms with Gasteiger partial charge in [-0.1, -0.05) is 18.2 Å². The molecule has 2 fully saturated rings. The third-order valence-electron chi connectivity index (χ3n) is 5.76. The molecule has 1 aromatic carbocycles. The summed E-state index contributed by atoms with van der Waals surface area (Å²) in [5.41, 5.74) is 1.53. The minimum atomic E-state index is 0.0606. The normalized spacial score (nSPS) is 17.1. The summed E-state index contributed by atoms with van der Waals surface area (Å²) in [6, 6.07) is 9.36. The van der Waals surface area contributed by atoms with Crippen molar-refractivity contribution >= 4 is 11.7 Å². The van der Waals surface area contributed by atoms with E-state index in [4.69, 9.17) is 18.9 Å². The van der Waals surface area contributed by atoms with Gasteiger partial charge in [0.25, 0.3) is 0 Å². The first kappa shape index (κ1) is 23.4. The first-order valence-corrected chi connectivity index (χ1v) is 11.5. The zero-order valence-electron chi connectivity index (χ0n) is 19.2. The number of morpholine rings is 2. The Labute approximate surface area is 194 Å². The van der Waals surface area contributed by atoms with Gasteiger partial charge in [0.05, 0.1) is 39.2 Å². The van der Waals surface area contributed by atoms with Crippen LogP contribution in [0.3, 0.4) is 0 Å². The highest BCUT2D eigenvalue weighted by atomic mass is 16.5. The maximum absolute atomic E-state index is 12.9. The third kappa shape index (κ3) is 6.86. The number of aromatic nitrogens is 2. The number of Topliss-reactive ketones (excluding diaryl/α,β-unsaturated/α-hetero) is 1. The molecule has 2 aromatic rings. The van der Waals surface area contributed by atoms with E-state index in [9.17, 15) is 4.79 Å². The molecule has 2 aliphatic rings. The predicted molar refractivity (Wildman–Crippen MR) is 123 cm³/mol. The maximum Gasteiger partial charge on any atom is 0.229 e. The van der Waals surface area contributed by atoms with Crippen LogP contribution in [0.25, 0.3) is 0 Å². The first-order valence-electron chi connectivity index (χ1n) is 11.5. The van der Waals surface area contributed by atoms with Crippen LogP contribution in [-0.2, 0) is 27.1 Å². The van der Waals surface area contributed by atoms with Crippen LogP contribution in [0.1, 0.15) is 11.3 Å². The van der Waals surface area contributed by atoms with Crippen LogP contribution >= 0.6 is 0 Å². The molecule has 178 valence electrons. The van der Waals surface area contributed by atoms with Crippen LogP contribution in [0.2, 0.25) is 0 Å². The highest BCUT2D eigenvalue weighted by molar-refractivity contribution is 5.83. The van der Waals surface area contributed by atoms with E-state index in [0.717, 1.165) is 44.2 Å². The third-order valence-corrected chi connectivity index (χ3v) is 5.76. The summed E-state index contributed by atoms with van der Waals surface area (Å²) in [7, 11) is 1.61. The standard InChI is InChI=1S/C24H32N4O5/c1-30-22-5-3-2-4-19(22)16-21(29)17-20-18-23(33-15-8-27-6-11-31-12-7-27)26-24(25-20)28-9-13-32-14-10-28/h2-5,18H,6-17H2,1H3. The molecule has 0 atom stereocenters. The Morgan fingerprint density at radius 3 is 2.48 bits per heavy atom. The predicted octanol–water partition coefficient (Wildman–Crippen LogP) is 1.39. The molecule has 9 nitrogen and oxygen atoms in total. The van der Waals surface area contributed by atoms with Crippen molar-refractivity contribution in [2.24, 2.45) is 0 Å². The van der Waals surface area contributed by atoms with Crippen molar-refractivity contribution in [3.8, 4) is 11.6 Å². The number of hydrogen-bond donors (Lipinski definition) is 0. The molecule has 3 heterocycles. The average Bonchev–Trinajstić information content (AvgIpc) is 2.85. The van der Waals surface area contributed by atoms with Gasteiger partial charge in [-0.2, -0.15) is 4.98 Å². The van der Waals surface area contributed by atoms with Crippen molar-refractivity contribution in [2.75, 3.05) is 77.8 Å². The highest BCUT2D eigenvalue weighted by Gasteiger charge is 2.18. The van der Waals surface area contributed by atoms with Crippen molar-refractivity contribution in [1.82, 2.24) is 14.9 Å². The number of hydrogen-bond acceptors (Lipinski definition) is 9. The summed E-state index contributed by atoms with van der Waals surface area (Å²) in [5, 5.41) is 0. The number of rotatable bonds is 10. The molecule has 33 heavy (non-hydrogen) atoms. The molecule has 0 bridgehead atoms. The monoisotopic (exact) mass is 456 g/mol. The fourth-order valence-electron chi connectivity index (χ4n) is 3.96. The van der Waals surface area contributed by atoms with Gasteiger partial charge in [-0.25, -0.2) is 4.98 Å². The Balaban J connectivity index is 1.44. The van der Waals surface area contributed by atoms with E-state index in [1.165, 1.54) is 0 Å². The van der Waals surface area contributed by atoms with E-state index in [1.54, 1.807) is 13.2 Å². The lowest BCUT2D eigenvalue weighted by molar-refractivity contribution is -0.117. The fraction of sp³-hybridized carbons (Fsp3) is 0.542. The van der Waals surface area contributed by atoms with Crippen molar-refractivity contribution in [1.29, 1.82) is 0 Å². The number of ketones is 1. The lowest BCUT2D eigenvalue weighted by Crippen LogP contribution is -2.39. The fourth-order valence-corrected chi connectivity index (χ4v) is 3.96. The van der Waals surface area contributed by atoms with Gasteiger partial charge in [0.1, 0.15) is 18.1 Å². The van der Waals surface area contributed by atoms with E-state index < -0.39 is 0 Å². The topological polar surface area (TPSA) is 86.2 Å². The first-order chi connectivity index (χ1) is 16.2. The van der Waals surface area contributed by atoms with Crippen LogP contribution in [0.15, 0.2) is 30.3 Å². The minimum absolute atomic E-state index is 0.0606. The molecule has 0 aliphatic carbocycles. The molecule has 9 heteroatoms. The number of ether oxygens (including phenoxy) is 4. The smallest absolute Gasteiger partial charge is 0.229 e. The second-order valence-electron chi connectivity index (χ2n) is 8.10. The maximum atomic E-state index is 12.9. The molecule has 0 spiro atoms. The molecule has 2 saturated heterocycles. The van der Waals surface area contributed by atoms with Crippen molar-refractivity contribution < 1.29 is 23.7 Å². The molecule has 0 radical (unpaired) electrons. The van der Waals surface area contributed by atoms with Crippen molar-refractivity contribution in [3.63, 3.8) is 0 Å². The van der Waals surface area contributed by atoms with Gasteiger partial charge < -0.3 is 23.8 Å². The summed E-state index contributed by atoms with van der Waals surface area (Å²) in [4.78, 5) is 26.5. The van der Waals surface area contributed by atoms with Crippen molar-refractivity contribution in [3.05, 3.63) is 41.6 Å². The summed E-state index contributed by atoms with van der Waals surface area (Å²) in [6.45, 7) is 7.36. The van der Waals surface area contributed by atoms with Crippen molar-refractivity contribution in [2.45, 2.75) is 12.8 Å². The molecule has 0 amide bonds. The summed E-state index contributed by atoms with van der Waals surface area (Å²) in [5.74, 6) is 1.86. The van der Waals surface area contributed by atoms with Crippen LogP contribution in [0, 0.1) is 0 Å². The SMILES string of the molecule is COc1ccccc1CC(=O)Cc1cc(OCCN2CCOCC2)nc(N2CCOCC2)n1. The van der Waals surface area contributed by atoms with Gasteiger partial charge >= 0.3 is 0 Å². The van der Waals surface area contributed by atoms with Gasteiger partial charge in [0, 0.05) is 57.2 Å². The molecule has 0 saturated carbocycles. The second kappa shape index (κ2) is 11.9. The van der Waals surface area contributed by atoms with E-state index in [0.29, 0.717) is 50.4 Å². The Hall–Kier alpha value is -2.75. The van der Waals surface area contributed by atoms with Crippen LogP contribution in [0.5, 0.6) is 11.6 Å². The van der Waals surface area contributed by atoms with Gasteiger partial charge in [-0.15, -0.1) is 0 Å². The van der Waals surface area contributed by atoms with Gasteiger partial charge in [-0.3, -0.25) is 9.69 Å². The Morgan fingerprint density at radius 1 is 1.00 bits per heavy atom. The zero-order chi connectivity index (χ0) is 22.9. The van der Waals surface area contributed by atoms with E-state index in [2.05, 4.69) is 19.8 Å². The molecule has 4 rings (SSSR count). The quantitative estimate of drug-likeness (QED) is 0.526. The lowest BCUT2D eigenvalue weighted by atomic mass is 10.0. The highest BCUT2D eigenvalue weighted by Crippen LogP contribution is 2.21. The molecule has 0 unspecified atom stereocenters. The number of carbonyl (C=O) groups excluding carboxylic acids is 1. The van der Waals surface area contributed by atoms with E-state index in [-0.39, 0.29) is 18.6 Å². The van der Waals surface area contributed by atoms with Crippen LogP contribution in [0.4, 0.5) is 5.95 Å². The Kier molecular flexibility index (Phi) is 8.46. The molecule has 0 N–H and O–H groups in total. The zero-order valence-corrected chi connectivity index (χ0v) is 19.2. The van der Waals surface area contributed by atoms with E-state index in [1.807, 2.05) is 24.3 Å². The number of methoxy groups -OCH3 is 1. The van der Waals surface area contributed by atoms with Gasteiger partial charge in [0.15, 0.2) is 0 Å². The molecule has 1 aromatic heterocycles. The lowest BCUT2D eigenvalue weighted by Gasteiger charge is -2.28. The van der Waals surface area contributed by atoms with Crippen LogP contribution in [-0.4, -0.2) is 93.5 Å². The Bertz CT molecular complexity index is 913. The summed E-state index contributed by atoms with van der Waals surface area (Å²) >= 11 is 0.